The highest BCUT2D eigenvalue weighted by Gasteiger charge is 2.17. The number of hydrogen-bond donors (Lipinski definition) is 0. The lowest BCUT2D eigenvalue weighted by Crippen LogP contribution is -2.47. The third-order valence-corrected chi connectivity index (χ3v) is 5.99. The molecular weight excluding hydrogens is 377 g/mol. The Labute approximate surface area is 179 Å². The van der Waals surface area contributed by atoms with Gasteiger partial charge in [0, 0.05) is 32.7 Å². The van der Waals surface area contributed by atoms with Gasteiger partial charge in [-0.2, -0.15) is 5.26 Å². The van der Waals surface area contributed by atoms with Crippen molar-refractivity contribution in [2.75, 3.05) is 45.9 Å². The molecule has 4 nitrogen and oxygen atoms in total. The molecule has 0 spiro atoms. The highest BCUT2D eigenvalue weighted by Crippen LogP contribution is 2.25. The molecule has 1 fully saturated rings. The van der Waals surface area contributed by atoms with Crippen LogP contribution in [0.2, 0.25) is 0 Å². The minimum atomic E-state index is -0.236. The minimum Gasteiger partial charge on any atom is -0.492 e. The smallest absolute Gasteiger partial charge is 0.123 e. The van der Waals surface area contributed by atoms with Gasteiger partial charge in [0.15, 0.2) is 0 Å². The molecule has 160 valence electrons. The second kappa shape index (κ2) is 11.7. The number of halogens is 1. The van der Waals surface area contributed by atoms with Gasteiger partial charge in [0.25, 0.3) is 0 Å². The first-order valence-corrected chi connectivity index (χ1v) is 11.0. The molecule has 0 aromatic heterocycles. The lowest BCUT2D eigenvalue weighted by Gasteiger charge is -2.34. The van der Waals surface area contributed by atoms with Crippen molar-refractivity contribution in [3.63, 3.8) is 0 Å². The van der Waals surface area contributed by atoms with E-state index in [0.29, 0.717) is 12.5 Å². The largest absolute Gasteiger partial charge is 0.492 e. The lowest BCUT2D eigenvalue weighted by atomic mass is 9.91. The summed E-state index contributed by atoms with van der Waals surface area (Å²) in [7, 11) is 0. The Bertz CT molecular complexity index is 793. The molecule has 3 rings (SSSR count). The van der Waals surface area contributed by atoms with Gasteiger partial charge < -0.3 is 9.64 Å². The number of ether oxygens (including phenoxy) is 1. The Morgan fingerprint density at radius 3 is 2.20 bits per heavy atom. The minimum absolute atomic E-state index is 0.236. The van der Waals surface area contributed by atoms with Crippen LogP contribution in [0.4, 0.5) is 4.39 Å². The van der Waals surface area contributed by atoms with Gasteiger partial charge >= 0.3 is 0 Å². The van der Waals surface area contributed by atoms with Crippen LogP contribution < -0.4 is 4.74 Å². The highest BCUT2D eigenvalue weighted by molar-refractivity contribution is 5.33. The van der Waals surface area contributed by atoms with E-state index in [1.807, 2.05) is 12.1 Å². The zero-order chi connectivity index (χ0) is 21.2. The molecule has 2 aromatic carbocycles. The first-order chi connectivity index (χ1) is 14.7. The SMILES string of the molecule is CCC(CCCN1CCN(CCOc2ccc(F)cc2)CC1)c1ccc(C#N)cc1. The van der Waals surface area contributed by atoms with E-state index in [1.54, 1.807) is 12.1 Å². The quantitative estimate of drug-likeness (QED) is 0.572. The monoisotopic (exact) mass is 409 g/mol. The molecular formula is C25H32FN3O. The number of benzene rings is 2. The van der Waals surface area contributed by atoms with Crippen molar-refractivity contribution in [2.45, 2.75) is 32.1 Å². The van der Waals surface area contributed by atoms with Crippen LogP contribution in [0.3, 0.4) is 0 Å². The van der Waals surface area contributed by atoms with Crippen molar-refractivity contribution in [3.05, 3.63) is 65.5 Å². The second-order valence-corrected chi connectivity index (χ2v) is 7.97. The molecule has 0 bridgehead atoms. The molecule has 30 heavy (non-hydrogen) atoms. The molecule has 5 heteroatoms. The maximum atomic E-state index is 12.9. The molecule has 0 amide bonds. The Kier molecular flexibility index (Phi) is 8.67. The summed E-state index contributed by atoms with van der Waals surface area (Å²) in [6.45, 7) is 9.27. The van der Waals surface area contributed by atoms with Crippen LogP contribution in [0, 0.1) is 17.1 Å². The van der Waals surface area contributed by atoms with Crippen LogP contribution >= 0.6 is 0 Å². The van der Waals surface area contributed by atoms with Gasteiger partial charge in [-0.05, 0) is 73.7 Å². The molecule has 1 saturated heterocycles. The molecule has 0 N–H and O–H groups in total. The van der Waals surface area contributed by atoms with Gasteiger partial charge in [0.05, 0.1) is 11.6 Å². The fraction of sp³-hybridized carbons (Fsp3) is 0.480. The Balaban J connectivity index is 1.31. The summed E-state index contributed by atoms with van der Waals surface area (Å²) in [6.07, 6.45) is 3.52. The Morgan fingerprint density at radius 1 is 0.967 bits per heavy atom. The third-order valence-electron chi connectivity index (χ3n) is 5.99. The standard InChI is InChI=1S/C25H32FN3O/c1-2-22(23-7-5-21(20-27)6-8-23)4-3-13-28-14-16-29(17-15-28)18-19-30-25-11-9-24(26)10-12-25/h5-12,22H,2-4,13-19H2,1H3. The number of nitriles is 1. The van der Waals surface area contributed by atoms with E-state index in [-0.39, 0.29) is 5.82 Å². The topological polar surface area (TPSA) is 39.5 Å². The molecule has 0 aliphatic carbocycles. The van der Waals surface area contributed by atoms with Crippen LogP contribution in [-0.4, -0.2) is 55.7 Å². The van der Waals surface area contributed by atoms with Crippen LogP contribution in [0.25, 0.3) is 0 Å². The maximum absolute atomic E-state index is 12.9. The molecule has 1 unspecified atom stereocenters. The fourth-order valence-electron chi connectivity index (χ4n) is 4.06. The number of rotatable bonds is 10. The van der Waals surface area contributed by atoms with Crippen LogP contribution in [0.15, 0.2) is 48.5 Å². The average molecular weight is 410 g/mol. The predicted octanol–water partition coefficient (Wildman–Crippen LogP) is 4.67. The maximum Gasteiger partial charge on any atom is 0.123 e. The first kappa shape index (κ1) is 22.3. The first-order valence-electron chi connectivity index (χ1n) is 11.0. The van der Waals surface area contributed by atoms with E-state index in [0.717, 1.165) is 57.0 Å². The fourth-order valence-corrected chi connectivity index (χ4v) is 4.06. The summed E-state index contributed by atoms with van der Waals surface area (Å²) in [4.78, 5) is 4.99. The van der Waals surface area contributed by atoms with E-state index in [1.165, 1.54) is 30.5 Å². The van der Waals surface area contributed by atoms with Gasteiger partial charge in [-0.15, -0.1) is 0 Å². The Morgan fingerprint density at radius 2 is 1.60 bits per heavy atom. The lowest BCUT2D eigenvalue weighted by molar-refractivity contribution is 0.115. The average Bonchev–Trinajstić information content (AvgIpc) is 2.79. The second-order valence-electron chi connectivity index (χ2n) is 7.97. The van der Waals surface area contributed by atoms with Gasteiger partial charge in [-0.25, -0.2) is 4.39 Å². The molecule has 1 heterocycles. The van der Waals surface area contributed by atoms with Crippen molar-refractivity contribution in [1.82, 2.24) is 9.80 Å². The van der Waals surface area contributed by atoms with E-state index in [9.17, 15) is 4.39 Å². The van der Waals surface area contributed by atoms with Gasteiger partial charge in [0.1, 0.15) is 18.2 Å². The zero-order valence-corrected chi connectivity index (χ0v) is 17.9. The summed E-state index contributed by atoms with van der Waals surface area (Å²) >= 11 is 0. The van der Waals surface area contributed by atoms with Crippen LogP contribution in [-0.2, 0) is 0 Å². The molecule has 0 saturated carbocycles. The van der Waals surface area contributed by atoms with E-state index >= 15 is 0 Å². The predicted molar refractivity (Wildman–Crippen MR) is 118 cm³/mol. The number of hydrogen-bond acceptors (Lipinski definition) is 4. The van der Waals surface area contributed by atoms with Crippen molar-refractivity contribution in [2.24, 2.45) is 0 Å². The molecule has 2 aromatic rings. The Hall–Kier alpha value is -2.42. The normalized spacial score (nSPS) is 16.2. The number of nitrogens with zero attached hydrogens (tertiary/aromatic N) is 3. The van der Waals surface area contributed by atoms with E-state index < -0.39 is 0 Å². The molecule has 1 aliphatic rings. The van der Waals surface area contributed by atoms with Crippen LogP contribution in [0.5, 0.6) is 5.75 Å². The summed E-state index contributed by atoms with van der Waals surface area (Å²) in [5, 5.41) is 8.96. The number of piperazine rings is 1. The molecule has 1 aliphatic heterocycles. The molecule has 0 radical (unpaired) electrons. The third kappa shape index (κ3) is 6.83. The van der Waals surface area contributed by atoms with Crippen molar-refractivity contribution >= 4 is 0 Å². The van der Waals surface area contributed by atoms with E-state index in [4.69, 9.17) is 10.00 Å². The van der Waals surface area contributed by atoms with Crippen molar-refractivity contribution in [1.29, 1.82) is 5.26 Å². The summed E-state index contributed by atoms with van der Waals surface area (Å²) in [6, 6.07) is 16.5. The summed E-state index contributed by atoms with van der Waals surface area (Å²) < 4.78 is 18.6. The van der Waals surface area contributed by atoms with E-state index in [2.05, 4.69) is 34.9 Å². The van der Waals surface area contributed by atoms with Gasteiger partial charge in [0.2, 0.25) is 0 Å². The van der Waals surface area contributed by atoms with Gasteiger partial charge in [-0.3, -0.25) is 4.90 Å². The summed E-state index contributed by atoms with van der Waals surface area (Å²) in [5.41, 5.74) is 2.08. The summed E-state index contributed by atoms with van der Waals surface area (Å²) in [5.74, 6) is 1.06. The zero-order valence-electron chi connectivity index (χ0n) is 17.9. The molecule has 1 atom stereocenters. The van der Waals surface area contributed by atoms with Crippen LogP contribution in [0.1, 0.15) is 43.2 Å². The van der Waals surface area contributed by atoms with Gasteiger partial charge in [-0.1, -0.05) is 19.1 Å². The van der Waals surface area contributed by atoms with Crippen molar-refractivity contribution < 1.29 is 9.13 Å². The van der Waals surface area contributed by atoms with Crippen molar-refractivity contribution in [3.8, 4) is 11.8 Å². The highest BCUT2D eigenvalue weighted by atomic mass is 19.1.